The zero-order chi connectivity index (χ0) is 17.3. The Morgan fingerprint density at radius 2 is 1.79 bits per heavy atom. The van der Waals surface area contributed by atoms with E-state index in [9.17, 15) is 19.7 Å². The Balaban J connectivity index is 1.82. The van der Waals surface area contributed by atoms with Crippen molar-refractivity contribution in [3.8, 4) is 0 Å². The van der Waals surface area contributed by atoms with Crippen LogP contribution in [0.4, 0.5) is 10.8 Å². The van der Waals surface area contributed by atoms with E-state index in [4.69, 9.17) is 5.73 Å². The van der Waals surface area contributed by atoms with E-state index in [-0.39, 0.29) is 11.3 Å². The highest BCUT2D eigenvalue weighted by Gasteiger charge is 2.13. The van der Waals surface area contributed by atoms with E-state index in [0.29, 0.717) is 20.9 Å². The summed E-state index contributed by atoms with van der Waals surface area (Å²) in [5, 5.41) is 13.6. The van der Waals surface area contributed by atoms with E-state index >= 15 is 0 Å². The van der Waals surface area contributed by atoms with Crippen LogP contribution in [0.25, 0.3) is 10.2 Å². The number of nitrogens with two attached hydrogens (primary N) is 1. The van der Waals surface area contributed by atoms with E-state index in [2.05, 4.69) is 10.3 Å². The monoisotopic (exact) mass is 342 g/mol. The van der Waals surface area contributed by atoms with Crippen LogP contribution in [0.1, 0.15) is 20.7 Å². The molecule has 3 N–H and O–H groups in total. The first-order valence-corrected chi connectivity index (χ1v) is 7.52. The van der Waals surface area contributed by atoms with Crippen molar-refractivity contribution < 1.29 is 14.5 Å². The van der Waals surface area contributed by atoms with Crippen molar-refractivity contribution in [3.05, 3.63) is 63.7 Å². The van der Waals surface area contributed by atoms with E-state index < -0.39 is 16.7 Å². The van der Waals surface area contributed by atoms with Crippen LogP contribution in [0, 0.1) is 10.1 Å². The summed E-state index contributed by atoms with van der Waals surface area (Å²) in [4.78, 5) is 37.7. The van der Waals surface area contributed by atoms with E-state index in [1.807, 2.05) is 0 Å². The van der Waals surface area contributed by atoms with Crippen molar-refractivity contribution >= 4 is 44.2 Å². The van der Waals surface area contributed by atoms with Gasteiger partial charge in [-0.3, -0.25) is 25.0 Å². The second kappa shape index (κ2) is 6.05. The molecule has 1 aromatic heterocycles. The van der Waals surface area contributed by atoms with Gasteiger partial charge < -0.3 is 5.73 Å². The Morgan fingerprint density at radius 1 is 1.12 bits per heavy atom. The van der Waals surface area contributed by atoms with Crippen molar-refractivity contribution in [2.45, 2.75) is 0 Å². The van der Waals surface area contributed by atoms with Crippen LogP contribution < -0.4 is 11.1 Å². The summed E-state index contributed by atoms with van der Waals surface area (Å²) in [6.07, 6.45) is 0. The van der Waals surface area contributed by atoms with Crippen LogP contribution in [0.3, 0.4) is 0 Å². The molecule has 1 heterocycles. The molecule has 0 saturated carbocycles. The first-order chi connectivity index (χ1) is 11.4. The number of nitro benzene ring substituents is 1. The largest absolute Gasteiger partial charge is 0.366 e. The van der Waals surface area contributed by atoms with Crippen LogP contribution >= 0.6 is 11.3 Å². The van der Waals surface area contributed by atoms with Gasteiger partial charge in [-0.15, -0.1) is 0 Å². The smallest absolute Gasteiger partial charge is 0.269 e. The highest BCUT2D eigenvalue weighted by molar-refractivity contribution is 7.22. The Morgan fingerprint density at radius 3 is 2.42 bits per heavy atom. The van der Waals surface area contributed by atoms with Crippen molar-refractivity contribution in [3.63, 3.8) is 0 Å². The fourth-order valence-corrected chi connectivity index (χ4v) is 2.94. The van der Waals surface area contributed by atoms with Gasteiger partial charge in [-0.2, -0.15) is 0 Å². The number of amides is 2. The summed E-state index contributed by atoms with van der Waals surface area (Å²) in [5.74, 6) is -0.971. The van der Waals surface area contributed by atoms with Crippen molar-refractivity contribution in [2.75, 3.05) is 5.32 Å². The number of carbonyl (C=O) groups excluding carboxylic acids is 2. The molecule has 0 radical (unpaired) electrons. The minimum atomic E-state index is -0.540. The number of benzene rings is 2. The van der Waals surface area contributed by atoms with Gasteiger partial charge in [0.2, 0.25) is 5.91 Å². The fourth-order valence-electron chi connectivity index (χ4n) is 2.04. The molecule has 120 valence electrons. The van der Waals surface area contributed by atoms with Gasteiger partial charge in [-0.25, -0.2) is 4.98 Å². The van der Waals surface area contributed by atoms with Gasteiger partial charge in [0.1, 0.15) is 0 Å². The van der Waals surface area contributed by atoms with Gasteiger partial charge in [-0.05, 0) is 30.3 Å². The first-order valence-electron chi connectivity index (χ1n) is 6.70. The molecule has 0 spiro atoms. The van der Waals surface area contributed by atoms with Crippen LogP contribution in [-0.2, 0) is 0 Å². The number of non-ortho nitro benzene ring substituents is 1. The second-order valence-electron chi connectivity index (χ2n) is 4.82. The van der Waals surface area contributed by atoms with Gasteiger partial charge >= 0.3 is 0 Å². The number of thiazole rings is 1. The summed E-state index contributed by atoms with van der Waals surface area (Å²) in [6, 6.07) is 10.1. The molecule has 0 saturated heterocycles. The zero-order valence-corrected chi connectivity index (χ0v) is 12.9. The summed E-state index contributed by atoms with van der Waals surface area (Å²) in [7, 11) is 0. The van der Waals surface area contributed by atoms with E-state index in [1.54, 1.807) is 18.2 Å². The third kappa shape index (κ3) is 3.06. The molecule has 0 bridgehead atoms. The molecule has 0 unspecified atom stereocenters. The lowest BCUT2D eigenvalue weighted by Gasteiger charge is -2.00. The van der Waals surface area contributed by atoms with Gasteiger partial charge in [-0.1, -0.05) is 11.3 Å². The summed E-state index contributed by atoms with van der Waals surface area (Å²) < 4.78 is 0.713. The summed E-state index contributed by atoms with van der Waals surface area (Å²) >= 11 is 1.20. The van der Waals surface area contributed by atoms with Gasteiger partial charge in [0, 0.05) is 23.3 Å². The maximum Gasteiger partial charge on any atom is 0.269 e. The number of hydrogen-bond donors (Lipinski definition) is 2. The lowest BCUT2D eigenvalue weighted by Crippen LogP contribution is -2.11. The highest BCUT2D eigenvalue weighted by atomic mass is 32.1. The molecule has 8 nitrogen and oxygen atoms in total. The second-order valence-corrected chi connectivity index (χ2v) is 5.85. The maximum atomic E-state index is 12.2. The normalized spacial score (nSPS) is 10.5. The van der Waals surface area contributed by atoms with Crippen LogP contribution in [0.5, 0.6) is 0 Å². The molecule has 0 aliphatic rings. The summed E-state index contributed by atoms with van der Waals surface area (Å²) in [5.41, 5.74) is 6.40. The maximum absolute atomic E-state index is 12.2. The minimum absolute atomic E-state index is 0.0921. The number of carbonyl (C=O) groups is 2. The van der Waals surface area contributed by atoms with Gasteiger partial charge in [0.25, 0.3) is 11.6 Å². The average Bonchev–Trinajstić information content (AvgIpc) is 2.96. The molecule has 0 atom stereocenters. The number of nitrogens with one attached hydrogen (secondary N) is 1. The quantitative estimate of drug-likeness (QED) is 0.556. The minimum Gasteiger partial charge on any atom is -0.366 e. The van der Waals surface area contributed by atoms with Crippen LogP contribution in [0.2, 0.25) is 0 Å². The third-order valence-corrected chi connectivity index (χ3v) is 4.17. The predicted octanol–water partition coefficient (Wildman–Crippen LogP) is 2.56. The fraction of sp³-hybridized carbons (Fsp3) is 0. The summed E-state index contributed by atoms with van der Waals surface area (Å²) in [6.45, 7) is 0. The Kier molecular flexibility index (Phi) is 3.92. The van der Waals surface area contributed by atoms with Crippen molar-refractivity contribution in [1.29, 1.82) is 0 Å². The molecule has 0 aliphatic heterocycles. The number of rotatable bonds is 4. The lowest BCUT2D eigenvalue weighted by molar-refractivity contribution is -0.384. The molecule has 24 heavy (non-hydrogen) atoms. The average molecular weight is 342 g/mol. The molecule has 2 amide bonds. The number of hydrogen-bond acceptors (Lipinski definition) is 6. The molecular weight excluding hydrogens is 332 g/mol. The number of primary amides is 1. The van der Waals surface area contributed by atoms with Crippen molar-refractivity contribution in [2.24, 2.45) is 5.73 Å². The number of anilines is 1. The van der Waals surface area contributed by atoms with Gasteiger partial charge in [0.15, 0.2) is 5.13 Å². The zero-order valence-electron chi connectivity index (χ0n) is 12.1. The van der Waals surface area contributed by atoms with E-state index in [1.165, 1.54) is 35.6 Å². The molecule has 3 rings (SSSR count). The standard InChI is InChI=1S/C15H10N4O4S/c16-13(20)9-3-6-11-12(7-9)24-15(17-11)18-14(21)8-1-4-10(5-2-8)19(22)23/h1-7H,(H2,16,20)(H,17,18,21). The predicted molar refractivity (Wildman–Crippen MR) is 89.2 cm³/mol. The molecule has 0 aliphatic carbocycles. The Hall–Kier alpha value is -3.33. The molecular formula is C15H10N4O4S. The van der Waals surface area contributed by atoms with Gasteiger partial charge in [0.05, 0.1) is 15.1 Å². The SMILES string of the molecule is NC(=O)c1ccc2nc(NC(=O)c3ccc([N+](=O)[O-])cc3)sc2c1. The first kappa shape index (κ1) is 15.6. The van der Waals surface area contributed by atoms with Crippen molar-refractivity contribution in [1.82, 2.24) is 4.98 Å². The molecule has 2 aromatic carbocycles. The molecule has 0 fully saturated rings. The van der Waals surface area contributed by atoms with Crippen LogP contribution in [0.15, 0.2) is 42.5 Å². The third-order valence-electron chi connectivity index (χ3n) is 3.23. The lowest BCUT2D eigenvalue weighted by atomic mass is 10.2. The number of nitrogens with zero attached hydrogens (tertiary/aromatic N) is 2. The molecule has 3 aromatic rings. The Bertz CT molecular complexity index is 965. The topological polar surface area (TPSA) is 128 Å². The van der Waals surface area contributed by atoms with E-state index in [0.717, 1.165) is 0 Å². The number of nitro groups is 1. The molecule has 9 heteroatoms. The number of aromatic nitrogens is 1. The highest BCUT2D eigenvalue weighted by Crippen LogP contribution is 2.27. The van der Waals surface area contributed by atoms with Crippen LogP contribution in [-0.4, -0.2) is 21.7 Å². The Labute approximate surface area is 139 Å². The number of fused-ring (bicyclic) bond motifs is 1.